The zero-order valence-electron chi connectivity index (χ0n) is 18.3. The molecule has 1 N–H and O–H groups in total. The lowest BCUT2D eigenvalue weighted by Crippen LogP contribution is -3.06. The van der Waals surface area contributed by atoms with Crippen LogP contribution in [0.15, 0.2) is 91.2 Å². The Morgan fingerprint density at radius 1 is 0.882 bits per heavy atom. The molecule has 5 rings (SSSR count). The fourth-order valence-corrected chi connectivity index (χ4v) is 4.43. The summed E-state index contributed by atoms with van der Waals surface area (Å²) in [5.74, 6) is -0.225. The second-order valence-corrected chi connectivity index (χ2v) is 8.76. The Hall–Kier alpha value is -3.87. The fraction of sp³-hybridized carbons (Fsp3) is 0.111. The van der Waals surface area contributed by atoms with Gasteiger partial charge in [0.05, 0.1) is 12.6 Å². The van der Waals surface area contributed by atoms with Crippen molar-refractivity contribution in [3.8, 4) is 16.9 Å². The van der Waals surface area contributed by atoms with Crippen molar-refractivity contribution in [2.75, 3.05) is 7.05 Å². The van der Waals surface area contributed by atoms with E-state index in [0.717, 1.165) is 10.5 Å². The summed E-state index contributed by atoms with van der Waals surface area (Å²) in [5, 5.41) is 14.4. The first-order valence-electron chi connectivity index (χ1n) is 10.7. The summed E-state index contributed by atoms with van der Waals surface area (Å²) in [6.45, 7) is 1.04. The summed E-state index contributed by atoms with van der Waals surface area (Å²) in [7, 11) is 1.97. The van der Waals surface area contributed by atoms with E-state index in [4.69, 9.17) is 20.4 Å². The molecule has 2 heterocycles. The van der Waals surface area contributed by atoms with E-state index in [2.05, 4.69) is 0 Å². The van der Waals surface area contributed by atoms with Crippen LogP contribution in [-0.4, -0.2) is 7.05 Å². The highest BCUT2D eigenvalue weighted by molar-refractivity contribution is 6.31. The second-order valence-electron chi connectivity index (χ2n) is 8.32. The number of benzene rings is 3. The number of quaternary nitrogens is 1. The van der Waals surface area contributed by atoms with Crippen LogP contribution in [0, 0.1) is 0 Å². The van der Waals surface area contributed by atoms with Crippen molar-refractivity contribution in [2.45, 2.75) is 13.1 Å². The molecule has 0 saturated carbocycles. The molecule has 0 aliphatic carbocycles. The summed E-state index contributed by atoms with van der Waals surface area (Å²) < 4.78 is 11.0. The van der Waals surface area contributed by atoms with Crippen molar-refractivity contribution in [1.82, 2.24) is 0 Å². The van der Waals surface area contributed by atoms with E-state index in [-0.39, 0.29) is 16.9 Å². The lowest BCUT2D eigenvalue weighted by atomic mass is 9.99. The SMILES string of the molecule is C[NH+](Cc1ccccc1)Cc1c([O-])ccc2c(-c3cc4cc(Cl)ccc4oc3=O)cc(=O)oc12. The number of rotatable bonds is 5. The second kappa shape index (κ2) is 8.82. The molecule has 0 saturated heterocycles. The highest BCUT2D eigenvalue weighted by Crippen LogP contribution is 2.32. The quantitative estimate of drug-likeness (QED) is 0.395. The Morgan fingerprint density at radius 2 is 1.68 bits per heavy atom. The molecule has 0 radical (unpaired) electrons. The van der Waals surface area contributed by atoms with Crippen LogP contribution in [0.2, 0.25) is 5.02 Å². The van der Waals surface area contributed by atoms with Crippen LogP contribution in [0.3, 0.4) is 0 Å². The Morgan fingerprint density at radius 3 is 2.47 bits per heavy atom. The zero-order chi connectivity index (χ0) is 23.8. The van der Waals surface area contributed by atoms with Gasteiger partial charge in [0.2, 0.25) is 0 Å². The molecule has 3 aromatic carbocycles. The average Bonchev–Trinajstić information content (AvgIpc) is 2.81. The van der Waals surface area contributed by atoms with Gasteiger partial charge < -0.3 is 18.8 Å². The van der Waals surface area contributed by atoms with E-state index in [1.165, 1.54) is 12.1 Å². The molecule has 5 aromatic rings. The number of fused-ring (bicyclic) bond motifs is 2. The van der Waals surface area contributed by atoms with Crippen LogP contribution in [0.1, 0.15) is 11.1 Å². The Kier molecular flexibility index (Phi) is 5.69. The lowest BCUT2D eigenvalue weighted by Gasteiger charge is -2.20. The maximum atomic E-state index is 12.8. The summed E-state index contributed by atoms with van der Waals surface area (Å²) in [6.07, 6.45) is 0. The van der Waals surface area contributed by atoms with Gasteiger partial charge in [-0.2, -0.15) is 0 Å². The highest BCUT2D eigenvalue weighted by Gasteiger charge is 2.18. The van der Waals surface area contributed by atoms with Crippen molar-refractivity contribution >= 4 is 33.5 Å². The third-order valence-electron chi connectivity index (χ3n) is 5.78. The Bertz CT molecular complexity index is 1640. The van der Waals surface area contributed by atoms with Gasteiger partial charge in [0.15, 0.2) is 0 Å². The molecule has 0 bridgehead atoms. The van der Waals surface area contributed by atoms with Gasteiger partial charge in [-0.15, -0.1) is 0 Å². The summed E-state index contributed by atoms with van der Waals surface area (Å²) in [4.78, 5) is 26.4. The van der Waals surface area contributed by atoms with Crippen molar-refractivity contribution in [1.29, 1.82) is 0 Å². The summed E-state index contributed by atoms with van der Waals surface area (Å²) in [5.41, 5.74) is 1.39. The molecule has 0 amide bonds. The minimum atomic E-state index is -0.652. The Labute approximate surface area is 199 Å². The smallest absolute Gasteiger partial charge is 0.344 e. The van der Waals surface area contributed by atoms with Crippen LogP contribution in [-0.2, 0) is 13.1 Å². The molecule has 34 heavy (non-hydrogen) atoms. The fourth-order valence-electron chi connectivity index (χ4n) is 4.24. The highest BCUT2D eigenvalue weighted by atomic mass is 35.5. The third kappa shape index (κ3) is 4.21. The third-order valence-corrected chi connectivity index (χ3v) is 6.02. The van der Waals surface area contributed by atoms with Crippen LogP contribution in [0.5, 0.6) is 5.75 Å². The maximum absolute atomic E-state index is 12.8. The number of hydrogen-bond acceptors (Lipinski definition) is 5. The first-order chi connectivity index (χ1) is 16.4. The van der Waals surface area contributed by atoms with Crippen LogP contribution >= 0.6 is 11.6 Å². The van der Waals surface area contributed by atoms with Crippen molar-refractivity contribution in [2.24, 2.45) is 0 Å². The largest absolute Gasteiger partial charge is 0.872 e. The van der Waals surface area contributed by atoms with Crippen LogP contribution in [0.4, 0.5) is 0 Å². The molecule has 0 aliphatic rings. The molecule has 7 heteroatoms. The molecule has 0 spiro atoms. The molecule has 1 atom stereocenters. The molecular weight excluding hydrogens is 454 g/mol. The first-order valence-corrected chi connectivity index (χ1v) is 11.1. The van der Waals surface area contributed by atoms with Crippen molar-refractivity contribution in [3.05, 3.63) is 110 Å². The molecule has 2 aromatic heterocycles. The monoisotopic (exact) mass is 473 g/mol. The molecule has 0 aliphatic heterocycles. The van der Waals surface area contributed by atoms with Gasteiger partial charge in [0.25, 0.3) is 0 Å². The van der Waals surface area contributed by atoms with Crippen molar-refractivity contribution in [3.63, 3.8) is 0 Å². The minimum absolute atomic E-state index is 0.188. The predicted octanol–water partition coefficient (Wildman–Crippen LogP) is 3.51. The van der Waals surface area contributed by atoms with Gasteiger partial charge in [0, 0.05) is 38.6 Å². The minimum Gasteiger partial charge on any atom is -0.872 e. The number of nitrogens with one attached hydrogen (secondary N) is 1. The van der Waals surface area contributed by atoms with E-state index in [9.17, 15) is 14.7 Å². The summed E-state index contributed by atoms with van der Waals surface area (Å²) >= 11 is 6.10. The normalized spacial score (nSPS) is 12.3. The van der Waals surface area contributed by atoms with Gasteiger partial charge in [-0.25, -0.2) is 9.59 Å². The standard InChI is InChI=1S/C27H20ClNO5/c1-29(14-16-5-3-2-4-6-16)15-22-23(30)9-8-19-20(13-25(31)34-26(19)22)21-12-17-11-18(28)7-10-24(17)33-27(21)32/h2-13,30H,14-15H2,1H3. The van der Waals surface area contributed by atoms with Gasteiger partial charge in [-0.3, -0.25) is 0 Å². The van der Waals surface area contributed by atoms with Gasteiger partial charge in [-0.05, 0) is 24.3 Å². The van der Waals surface area contributed by atoms with E-state index in [1.54, 1.807) is 30.3 Å². The van der Waals surface area contributed by atoms with Gasteiger partial charge in [-0.1, -0.05) is 59.8 Å². The topological polar surface area (TPSA) is 87.9 Å². The maximum Gasteiger partial charge on any atom is 0.344 e. The molecular formula is C27H20ClNO5. The predicted molar refractivity (Wildman–Crippen MR) is 129 cm³/mol. The van der Waals surface area contributed by atoms with E-state index in [1.807, 2.05) is 37.4 Å². The van der Waals surface area contributed by atoms with E-state index < -0.39 is 11.3 Å². The van der Waals surface area contributed by atoms with Gasteiger partial charge >= 0.3 is 11.3 Å². The molecule has 6 nitrogen and oxygen atoms in total. The Balaban J connectivity index is 1.64. The average molecular weight is 474 g/mol. The summed E-state index contributed by atoms with van der Waals surface area (Å²) in [6, 6.07) is 20.8. The number of halogens is 1. The van der Waals surface area contributed by atoms with E-state index in [0.29, 0.717) is 45.6 Å². The van der Waals surface area contributed by atoms with Crippen LogP contribution in [0.25, 0.3) is 33.1 Å². The molecule has 1 unspecified atom stereocenters. The van der Waals surface area contributed by atoms with Crippen LogP contribution < -0.4 is 21.3 Å². The number of hydrogen-bond donors (Lipinski definition) is 1. The molecule has 170 valence electrons. The van der Waals surface area contributed by atoms with Crippen molar-refractivity contribution < 1.29 is 18.8 Å². The zero-order valence-corrected chi connectivity index (χ0v) is 19.0. The molecule has 0 fully saturated rings. The van der Waals surface area contributed by atoms with Gasteiger partial charge in [0.1, 0.15) is 24.3 Å². The van der Waals surface area contributed by atoms with E-state index >= 15 is 0 Å². The lowest BCUT2D eigenvalue weighted by molar-refractivity contribution is -0.907. The first kappa shape index (κ1) is 21.9.